The summed E-state index contributed by atoms with van der Waals surface area (Å²) in [4.78, 5) is 19.3. The van der Waals surface area contributed by atoms with E-state index >= 15 is 0 Å². The molecule has 1 aliphatic heterocycles. The summed E-state index contributed by atoms with van der Waals surface area (Å²) in [7, 11) is 1.73. The molecule has 1 aliphatic rings. The van der Waals surface area contributed by atoms with Gasteiger partial charge < -0.3 is 5.11 Å². The van der Waals surface area contributed by atoms with Crippen LogP contribution in [0.25, 0.3) is 6.08 Å². The number of amides is 1. The molecule has 0 radical (unpaired) electrons. The molecule has 0 aromatic heterocycles. The number of hydrogen-bond acceptors (Lipinski definition) is 4. The normalized spacial score (nSPS) is 18.0. The molecule has 0 aliphatic carbocycles. The molecular weight excluding hydrogens is 320 g/mol. The molecule has 0 bridgehead atoms. The maximum absolute atomic E-state index is 12.5. The Morgan fingerprint density at radius 3 is 2.46 bits per heavy atom. The molecule has 4 nitrogen and oxygen atoms in total. The molecule has 0 atom stereocenters. The monoisotopic (exact) mass is 338 g/mol. The van der Waals surface area contributed by atoms with E-state index in [0.717, 1.165) is 22.4 Å². The van der Waals surface area contributed by atoms with Crippen LogP contribution in [-0.4, -0.2) is 28.1 Å². The van der Waals surface area contributed by atoms with Crippen LogP contribution in [-0.2, 0) is 4.79 Å². The first-order valence-electron chi connectivity index (χ1n) is 7.57. The summed E-state index contributed by atoms with van der Waals surface area (Å²) >= 11 is 1.35. The summed E-state index contributed by atoms with van der Waals surface area (Å²) in [5.41, 5.74) is 3.84. The van der Waals surface area contributed by atoms with Gasteiger partial charge in [0.1, 0.15) is 5.75 Å². The predicted octanol–water partition coefficient (Wildman–Crippen LogP) is 4.24. The minimum Gasteiger partial charge on any atom is -0.508 e. The van der Waals surface area contributed by atoms with Crippen LogP contribution in [0.4, 0.5) is 5.69 Å². The molecule has 5 heteroatoms. The summed E-state index contributed by atoms with van der Waals surface area (Å²) < 4.78 is 0. The second-order valence-electron chi connectivity index (χ2n) is 5.70. The highest BCUT2D eigenvalue weighted by molar-refractivity contribution is 8.18. The summed E-state index contributed by atoms with van der Waals surface area (Å²) in [5, 5.41) is 10.2. The Balaban J connectivity index is 1.96. The summed E-state index contributed by atoms with van der Waals surface area (Å²) in [6.45, 7) is 4.02. The van der Waals surface area contributed by atoms with Crippen LogP contribution in [0.1, 0.15) is 16.7 Å². The lowest BCUT2D eigenvalue weighted by molar-refractivity contribution is -0.121. The van der Waals surface area contributed by atoms with E-state index < -0.39 is 0 Å². The van der Waals surface area contributed by atoms with Crippen molar-refractivity contribution in [1.29, 1.82) is 0 Å². The number of para-hydroxylation sites is 1. The number of phenolic OH excluding ortho intramolecular Hbond substituents is 1. The number of carbonyl (C=O) groups excluding carboxylic acids is 1. The van der Waals surface area contributed by atoms with Crippen LogP contribution in [0.2, 0.25) is 0 Å². The van der Waals surface area contributed by atoms with Crippen molar-refractivity contribution < 1.29 is 9.90 Å². The standard InChI is InChI=1S/C19H18N2O2S/c1-12-6-4-7-13(2)17(12)20-19-21(3)18(23)16(24-19)11-14-8-5-9-15(22)10-14/h4-11,22H,1-3H3/b16-11+,20-19?. The van der Waals surface area contributed by atoms with Crippen LogP contribution in [0.5, 0.6) is 5.75 Å². The maximum Gasteiger partial charge on any atom is 0.266 e. The highest BCUT2D eigenvalue weighted by atomic mass is 32.2. The molecule has 0 saturated carbocycles. The summed E-state index contributed by atoms with van der Waals surface area (Å²) in [6.07, 6.45) is 1.77. The van der Waals surface area contributed by atoms with Gasteiger partial charge in [-0.3, -0.25) is 9.69 Å². The first kappa shape index (κ1) is 16.3. The van der Waals surface area contributed by atoms with Crippen molar-refractivity contribution in [2.75, 3.05) is 7.05 Å². The van der Waals surface area contributed by atoms with Gasteiger partial charge in [0.05, 0.1) is 10.6 Å². The Labute approximate surface area is 145 Å². The van der Waals surface area contributed by atoms with E-state index in [9.17, 15) is 9.90 Å². The molecule has 1 fully saturated rings. The number of aliphatic imine (C=N–C) groups is 1. The van der Waals surface area contributed by atoms with E-state index in [-0.39, 0.29) is 11.7 Å². The van der Waals surface area contributed by atoms with Gasteiger partial charge in [0.25, 0.3) is 5.91 Å². The lowest BCUT2D eigenvalue weighted by Crippen LogP contribution is -2.23. The average Bonchev–Trinajstić information content (AvgIpc) is 2.79. The zero-order valence-corrected chi connectivity index (χ0v) is 14.6. The lowest BCUT2D eigenvalue weighted by atomic mass is 10.1. The van der Waals surface area contributed by atoms with Gasteiger partial charge in [-0.05, 0) is 60.5 Å². The number of rotatable bonds is 2. The Hall–Kier alpha value is -2.53. The molecule has 0 unspecified atom stereocenters. The molecule has 24 heavy (non-hydrogen) atoms. The number of likely N-dealkylation sites (N-methyl/N-ethyl adjacent to an activating group) is 1. The number of amidine groups is 1. The third kappa shape index (κ3) is 3.21. The van der Waals surface area contributed by atoms with Crippen molar-refractivity contribution in [3.8, 4) is 5.75 Å². The fraction of sp³-hybridized carbons (Fsp3) is 0.158. The van der Waals surface area contributed by atoms with Gasteiger partial charge in [-0.2, -0.15) is 0 Å². The summed E-state index contributed by atoms with van der Waals surface area (Å²) in [5.74, 6) is 0.0888. The van der Waals surface area contributed by atoms with Crippen molar-refractivity contribution in [2.24, 2.45) is 4.99 Å². The van der Waals surface area contributed by atoms with Crippen molar-refractivity contribution in [2.45, 2.75) is 13.8 Å². The van der Waals surface area contributed by atoms with E-state index in [0.29, 0.717) is 10.1 Å². The summed E-state index contributed by atoms with van der Waals surface area (Å²) in [6, 6.07) is 12.8. The molecule has 1 N–H and O–H groups in total. The number of thioether (sulfide) groups is 1. The number of benzene rings is 2. The van der Waals surface area contributed by atoms with Gasteiger partial charge in [-0.1, -0.05) is 30.3 Å². The van der Waals surface area contributed by atoms with Crippen molar-refractivity contribution in [1.82, 2.24) is 4.90 Å². The van der Waals surface area contributed by atoms with E-state index in [1.165, 1.54) is 11.8 Å². The Morgan fingerprint density at radius 1 is 1.12 bits per heavy atom. The number of carbonyl (C=O) groups is 1. The topological polar surface area (TPSA) is 52.9 Å². The smallest absolute Gasteiger partial charge is 0.266 e. The highest BCUT2D eigenvalue weighted by Crippen LogP contribution is 2.34. The third-order valence-electron chi connectivity index (χ3n) is 3.82. The molecule has 1 amide bonds. The van der Waals surface area contributed by atoms with Crippen LogP contribution in [0.3, 0.4) is 0 Å². The quantitative estimate of drug-likeness (QED) is 0.833. The fourth-order valence-corrected chi connectivity index (χ4v) is 3.47. The molecule has 1 heterocycles. The fourth-order valence-electron chi connectivity index (χ4n) is 2.50. The van der Waals surface area contributed by atoms with E-state index in [1.54, 1.807) is 36.2 Å². The average molecular weight is 338 g/mol. The van der Waals surface area contributed by atoms with Crippen molar-refractivity contribution in [3.05, 3.63) is 64.1 Å². The molecule has 122 valence electrons. The zero-order chi connectivity index (χ0) is 17.3. The van der Waals surface area contributed by atoms with Crippen molar-refractivity contribution in [3.63, 3.8) is 0 Å². The molecular formula is C19H18N2O2S. The third-order valence-corrected chi connectivity index (χ3v) is 4.88. The highest BCUT2D eigenvalue weighted by Gasteiger charge is 2.30. The zero-order valence-electron chi connectivity index (χ0n) is 13.8. The number of aryl methyl sites for hydroxylation is 2. The predicted molar refractivity (Wildman–Crippen MR) is 99.5 cm³/mol. The minimum absolute atomic E-state index is 0.0895. The Bertz CT molecular complexity index is 851. The largest absolute Gasteiger partial charge is 0.508 e. The second-order valence-corrected chi connectivity index (χ2v) is 6.71. The van der Waals surface area contributed by atoms with Gasteiger partial charge >= 0.3 is 0 Å². The van der Waals surface area contributed by atoms with Gasteiger partial charge in [-0.25, -0.2) is 4.99 Å². The Morgan fingerprint density at radius 2 is 1.79 bits per heavy atom. The first-order chi connectivity index (χ1) is 11.5. The second kappa shape index (κ2) is 6.53. The molecule has 2 aromatic carbocycles. The van der Waals surface area contributed by atoms with E-state index in [1.807, 2.05) is 38.1 Å². The first-order valence-corrected chi connectivity index (χ1v) is 8.39. The maximum atomic E-state index is 12.5. The lowest BCUT2D eigenvalue weighted by Gasteiger charge is -2.09. The number of nitrogens with zero attached hydrogens (tertiary/aromatic N) is 2. The molecule has 3 rings (SSSR count). The number of hydrogen-bond donors (Lipinski definition) is 1. The van der Waals surface area contributed by atoms with Gasteiger partial charge in [0.15, 0.2) is 5.17 Å². The number of aromatic hydroxyl groups is 1. The van der Waals surface area contributed by atoms with E-state index in [4.69, 9.17) is 4.99 Å². The van der Waals surface area contributed by atoms with Crippen LogP contribution in [0, 0.1) is 13.8 Å². The minimum atomic E-state index is -0.0895. The van der Waals surface area contributed by atoms with Gasteiger partial charge in [0, 0.05) is 7.05 Å². The van der Waals surface area contributed by atoms with Gasteiger partial charge in [-0.15, -0.1) is 0 Å². The molecule has 2 aromatic rings. The molecule has 0 spiro atoms. The van der Waals surface area contributed by atoms with Gasteiger partial charge in [0.2, 0.25) is 0 Å². The van der Waals surface area contributed by atoms with Crippen LogP contribution < -0.4 is 0 Å². The molecule has 1 saturated heterocycles. The Kier molecular flexibility index (Phi) is 4.44. The number of phenols is 1. The van der Waals surface area contributed by atoms with Crippen LogP contribution >= 0.6 is 11.8 Å². The SMILES string of the molecule is Cc1cccc(C)c1N=C1S/C(=C/c2cccc(O)c2)C(=O)N1C. The van der Waals surface area contributed by atoms with E-state index in [2.05, 4.69) is 0 Å². The van der Waals surface area contributed by atoms with Crippen molar-refractivity contribution >= 4 is 34.6 Å². The van der Waals surface area contributed by atoms with Crippen LogP contribution in [0.15, 0.2) is 52.4 Å².